The summed E-state index contributed by atoms with van der Waals surface area (Å²) in [6.45, 7) is 5.71. The monoisotopic (exact) mass is 441 g/mol. The first-order valence-corrected chi connectivity index (χ1v) is 10.5. The third-order valence-corrected chi connectivity index (χ3v) is 4.02. The maximum absolute atomic E-state index is 11.4. The van der Waals surface area contributed by atoms with Crippen molar-refractivity contribution in [2.24, 2.45) is 0 Å². The number of carbonyl (C=O) groups excluding carboxylic acids is 1. The second-order valence-corrected chi connectivity index (χ2v) is 6.94. The molecule has 0 spiro atoms. The van der Waals surface area contributed by atoms with Crippen molar-refractivity contribution in [1.82, 2.24) is 20.7 Å². The third-order valence-electron chi connectivity index (χ3n) is 4.02. The second kappa shape index (κ2) is 13.6. The van der Waals surface area contributed by atoms with Crippen LogP contribution in [0.15, 0.2) is 22.9 Å². The fourth-order valence-corrected chi connectivity index (χ4v) is 2.26. The van der Waals surface area contributed by atoms with Crippen LogP contribution in [0.25, 0.3) is 0 Å². The summed E-state index contributed by atoms with van der Waals surface area (Å²) in [6.07, 6.45) is 7.04. The molecule has 0 atom stereocenters. The van der Waals surface area contributed by atoms with Crippen molar-refractivity contribution in [3.63, 3.8) is 0 Å². The molecule has 0 radical (unpaired) electrons. The van der Waals surface area contributed by atoms with Crippen molar-refractivity contribution in [3.8, 4) is 0 Å². The van der Waals surface area contributed by atoms with Gasteiger partial charge in [0.25, 0.3) is 0 Å². The number of aromatic nitrogens is 3. The number of thiol groups is 1. The topological polar surface area (TPSA) is 142 Å². The molecule has 2 aromatic heterocycles. The number of ether oxygens (including phenoxy) is 1. The van der Waals surface area contributed by atoms with Crippen molar-refractivity contribution < 1.29 is 24.0 Å². The van der Waals surface area contributed by atoms with E-state index in [9.17, 15) is 9.59 Å². The van der Waals surface area contributed by atoms with Gasteiger partial charge in [-0.05, 0) is 45.8 Å². The number of nitrogens with one attached hydrogen (secondary N) is 3. The lowest BCUT2D eigenvalue weighted by Crippen LogP contribution is -2.32. The Bertz CT molecular complexity index is 735. The Hall–Kier alpha value is -2.53. The Morgan fingerprint density at radius 1 is 1.30 bits per heavy atom. The molecule has 4 rings (SSSR count). The lowest BCUT2D eigenvalue weighted by molar-refractivity contribution is -0.115. The zero-order valence-electron chi connectivity index (χ0n) is 17.6. The molecule has 0 aromatic carbocycles. The van der Waals surface area contributed by atoms with E-state index in [0.717, 1.165) is 31.7 Å². The van der Waals surface area contributed by atoms with Crippen LogP contribution >= 0.6 is 12.6 Å². The van der Waals surface area contributed by atoms with E-state index in [1.807, 2.05) is 6.92 Å². The summed E-state index contributed by atoms with van der Waals surface area (Å²) >= 11 is 3.53. The Kier molecular flexibility index (Phi) is 11.6. The Morgan fingerprint density at radius 2 is 1.97 bits per heavy atom. The number of H-pyrrole nitrogens is 1. The minimum atomic E-state index is -0.912. The standard InChI is InChI=1S/C9H10N4O2.C5H9NO2.C4H8O.CH4S/c1-6-4-7(15-13-6)5-9(14)11-8-2-3-10-12-8;1-5(2-3-5)6-4(7)8;1-2-4-5-3-1;1-2/h2-4H,5H2,1H3,(H2,10,11,12,14);6H,2-3H2,1H3,(H,7,8);1-4H2;2H,1H3. The highest BCUT2D eigenvalue weighted by Gasteiger charge is 2.38. The van der Waals surface area contributed by atoms with Crippen molar-refractivity contribution in [1.29, 1.82) is 0 Å². The van der Waals surface area contributed by atoms with Gasteiger partial charge in [-0.2, -0.15) is 17.7 Å². The van der Waals surface area contributed by atoms with Gasteiger partial charge in [-0.15, -0.1) is 0 Å². The second-order valence-electron chi connectivity index (χ2n) is 6.94. The summed E-state index contributed by atoms with van der Waals surface area (Å²) in [5, 5.41) is 23.3. The molecule has 2 aromatic rings. The average Bonchev–Trinajstić information content (AvgIpc) is 3.24. The number of rotatable bonds is 4. The SMILES string of the molecule is C1CCOC1.CC1(NC(=O)O)CC1.CS.Cc1cc(CC(=O)Nc2ccn[nH]2)on1. The maximum atomic E-state index is 11.4. The molecule has 30 heavy (non-hydrogen) atoms. The van der Waals surface area contributed by atoms with E-state index in [2.05, 4.69) is 38.6 Å². The molecule has 1 aliphatic heterocycles. The first-order valence-electron chi connectivity index (χ1n) is 9.61. The highest BCUT2D eigenvalue weighted by Crippen LogP contribution is 2.33. The Morgan fingerprint density at radius 3 is 2.33 bits per heavy atom. The Balaban J connectivity index is 0.000000250. The van der Waals surface area contributed by atoms with E-state index in [-0.39, 0.29) is 17.9 Å². The van der Waals surface area contributed by atoms with Gasteiger partial charge in [0, 0.05) is 30.9 Å². The van der Waals surface area contributed by atoms with Crippen molar-refractivity contribution in [2.75, 3.05) is 24.8 Å². The number of hydrogen-bond acceptors (Lipinski definition) is 7. The van der Waals surface area contributed by atoms with Crippen molar-refractivity contribution in [3.05, 3.63) is 29.8 Å². The van der Waals surface area contributed by atoms with Crippen LogP contribution in [0.1, 0.15) is 44.1 Å². The molecule has 168 valence electrons. The number of nitrogens with zero attached hydrogens (tertiary/aromatic N) is 2. The van der Waals surface area contributed by atoms with Crippen LogP contribution in [0.3, 0.4) is 0 Å². The predicted octanol–water partition coefficient (Wildman–Crippen LogP) is 3.04. The summed E-state index contributed by atoms with van der Waals surface area (Å²) in [5.41, 5.74) is 0.686. The average molecular weight is 442 g/mol. The quantitative estimate of drug-likeness (QED) is 0.459. The van der Waals surface area contributed by atoms with Crippen LogP contribution in [0.4, 0.5) is 10.6 Å². The highest BCUT2D eigenvalue weighted by molar-refractivity contribution is 7.79. The molecular weight excluding hydrogens is 410 g/mol. The van der Waals surface area contributed by atoms with E-state index in [1.54, 1.807) is 31.5 Å². The van der Waals surface area contributed by atoms with Crippen molar-refractivity contribution in [2.45, 2.75) is 51.5 Å². The molecule has 2 amide bonds. The van der Waals surface area contributed by atoms with E-state index in [1.165, 1.54) is 12.8 Å². The summed E-state index contributed by atoms with van der Waals surface area (Å²) < 4.78 is 9.86. The van der Waals surface area contributed by atoms with Gasteiger partial charge in [-0.25, -0.2) is 4.79 Å². The lowest BCUT2D eigenvalue weighted by Gasteiger charge is -2.04. The highest BCUT2D eigenvalue weighted by atomic mass is 32.1. The number of aromatic amines is 1. The van der Waals surface area contributed by atoms with Gasteiger partial charge in [0.2, 0.25) is 5.91 Å². The molecule has 2 aliphatic rings. The van der Waals surface area contributed by atoms with Gasteiger partial charge in [-0.3, -0.25) is 9.89 Å². The summed E-state index contributed by atoms with van der Waals surface area (Å²) in [6, 6.07) is 3.40. The number of carboxylic acid groups (broad SMARTS) is 1. The normalized spacial score (nSPS) is 15.2. The van der Waals surface area contributed by atoms with Crippen molar-refractivity contribution >= 4 is 30.4 Å². The molecule has 2 fully saturated rings. The molecule has 11 heteroatoms. The molecule has 4 N–H and O–H groups in total. The molecular formula is C19H31N5O5S. The van der Waals surface area contributed by atoms with Gasteiger partial charge in [0.05, 0.1) is 18.3 Å². The number of hydrogen-bond donors (Lipinski definition) is 5. The predicted molar refractivity (Wildman–Crippen MR) is 116 cm³/mol. The van der Waals surface area contributed by atoms with Crippen LogP contribution in [0.2, 0.25) is 0 Å². The fourth-order valence-electron chi connectivity index (χ4n) is 2.26. The first-order chi connectivity index (χ1) is 14.4. The number of anilines is 1. The minimum Gasteiger partial charge on any atom is -0.465 e. The van der Waals surface area contributed by atoms with Gasteiger partial charge >= 0.3 is 6.09 Å². The van der Waals surface area contributed by atoms with Crippen LogP contribution in [0.5, 0.6) is 0 Å². The van der Waals surface area contributed by atoms with Gasteiger partial charge in [-0.1, -0.05) is 5.16 Å². The molecule has 1 saturated carbocycles. The minimum absolute atomic E-state index is 0.0775. The van der Waals surface area contributed by atoms with Crippen LogP contribution in [0, 0.1) is 6.92 Å². The molecule has 1 aliphatic carbocycles. The van der Waals surface area contributed by atoms with E-state index < -0.39 is 6.09 Å². The zero-order chi connectivity index (χ0) is 22.4. The Labute approximate surface area is 181 Å². The van der Waals surface area contributed by atoms with E-state index >= 15 is 0 Å². The van der Waals surface area contributed by atoms with Crippen LogP contribution in [-0.2, 0) is 16.0 Å². The third kappa shape index (κ3) is 11.5. The largest absolute Gasteiger partial charge is 0.465 e. The fraction of sp³-hybridized carbons (Fsp3) is 0.579. The molecule has 0 unspecified atom stereocenters. The number of carbonyl (C=O) groups is 2. The summed E-state index contributed by atoms with van der Waals surface area (Å²) in [5.74, 6) is 0.941. The van der Waals surface area contributed by atoms with E-state index in [0.29, 0.717) is 11.6 Å². The van der Waals surface area contributed by atoms with Gasteiger partial charge in [0.1, 0.15) is 11.6 Å². The van der Waals surface area contributed by atoms with Gasteiger partial charge in [0.15, 0.2) is 0 Å². The van der Waals surface area contributed by atoms with Gasteiger partial charge < -0.3 is 25.0 Å². The van der Waals surface area contributed by atoms with Crippen LogP contribution < -0.4 is 10.6 Å². The molecule has 10 nitrogen and oxygen atoms in total. The zero-order valence-corrected chi connectivity index (χ0v) is 18.5. The smallest absolute Gasteiger partial charge is 0.405 e. The molecule has 1 saturated heterocycles. The molecule has 3 heterocycles. The molecule has 0 bridgehead atoms. The van der Waals surface area contributed by atoms with E-state index in [4.69, 9.17) is 14.4 Å². The lowest BCUT2D eigenvalue weighted by atomic mass is 10.3. The number of amides is 2. The van der Waals surface area contributed by atoms with Crippen LogP contribution in [-0.4, -0.2) is 57.5 Å². The number of aryl methyl sites for hydroxylation is 1. The summed E-state index contributed by atoms with van der Waals surface area (Å²) in [7, 11) is 0. The first kappa shape index (κ1) is 25.5. The summed E-state index contributed by atoms with van der Waals surface area (Å²) in [4.78, 5) is 21.4. The maximum Gasteiger partial charge on any atom is 0.405 e.